The summed E-state index contributed by atoms with van der Waals surface area (Å²) in [6, 6.07) is 13.8. The summed E-state index contributed by atoms with van der Waals surface area (Å²) in [7, 11) is 1.51. The van der Waals surface area contributed by atoms with Crippen LogP contribution in [-0.2, 0) is 9.59 Å². The summed E-state index contributed by atoms with van der Waals surface area (Å²) in [6.07, 6.45) is 0. The van der Waals surface area contributed by atoms with E-state index in [2.05, 4.69) is 21.2 Å². The third-order valence-corrected chi connectivity index (χ3v) is 4.33. The number of hydrogen-bond acceptors (Lipinski definition) is 4. The number of methoxy groups -OCH3 is 1. The quantitative estimate of drug-likeness (QED) is 0.781. The highest BCUT2D eigenvalue weighted by atomic mass is 79.9. The van der Waals surface area contributed by atoms with Gasteiger partial charge in [0.05, 0.1) is 12.8 Å². The lowest BCUT2D eigenvalue weighted by Crippen LogP contribution is -2.32. The number of nitrogens with one attached hydrogen (secondary N) is 1. The zero-order valence-electron chi connectivity index (χ0n) is 12.5. The van der Waals surface area contributed by atoms with Crippen LogP contribution in [0.25, 0.3) is 0 Å². The SMILES string of the molecule is COc1cccc(N2C(=O)C(Cl)=C(Nc3ccc(Br)cc3)C2=O)c1. The minimum atomic E-state index is -0.575. The van der Waals surface area contributed by atoms with Crippen LogP contribution in [0.15, 0.2) is 63.7 Å². The summed E-state index contributed by atoms with van der Waals surface area (Å²) in [5.74, 6) is -0.547. The van der Waals surface area contributed by atoms with Crippen LogP contribution in [0.4, 0.5) is 11.4 Å². The van der Waals surface area contributed by atoms with Gasteiger partial charge in [-0.3, -0.25) is 9.59 Å². The summed E-state index contributed by atoms with van der Waals surface area (Å²) in [6.45, 7) is 0. The Kier molecular flexibility index (Phi) is 4.59. The van der Waals surface area contributed by atoms with Crippen molar-refractivity contribution in [3.05, 3.63) is 63.7 Å². The average molecular weight is 408 g/mol. The summed E-state index contributed by atoms with van der Waals surface area (Å²) < 4.78 is 6.03. The number of halogens is 2. The van der Waals surface area contributed by atoms with Crippen molar-refractivity contribution in [1.82, 2.24) is 0 Å². The number of hydrogen-bond donors (Lipinski definition) is 1. The second-order valence-electron chi connectivity index (χ2n) is 4.97. The first-order chi connectivity index (χ1) is 11.5. The van der Waals surface area contributed by atoms with E-state index in [1.807, 2.05) is 12.1 Å². The van der Waals surface area contributed by atoms with E-state index in [9.17, 15) is 9.59 Å². The van der Waals surface area contributed by atoms with Crippen molar-refractivity contribution in [2.45, 2.75) is 0 Å². The number of rotatable bonds is 4. The van der Waals surface area contributed by atoms with Gasteiger partial charge < -0.3 is 10.1 Å². The van der Waals surface area contributed by atoms with Crippen LogP contribution < -0.4 is 15.0 Å². The van der Waals surface area contributed by atoms with Crippen molar-refractivity contribution >= 4 is 50.7 Å². The summed E-state index contributed by atoms with van der Waals surface area (Å²) in [5, 5.41) is 2.76. The van der Waals surface area contributed by atoms with Crippen molar-refractivity contribution in [2.75, 3.05) is 17.3 Å². The van der Waals surface area contributed by atoms with Crippen LogP contribution in [0, 0.1) is 0 Å². The van der Waals surface area contributed by atoms with Crippen molar-refractivity contribution in [3.63, 3.8) is 0 Å². The molecule has 5 nitrogen and oxygen atoms in total. The number of nitrogens with zero attached hydrogens (tertiary/aromatic N) is 1. The number of ether oxygens (including phenoxy) is 1. The van der Waals surface area contributed by atoms with Crippen LogP contribution in [0.5, 0.6) is 5.75 Å². The lowest BCUT2D eigenvalue weighted by Gasteiger charge is -2.15. The van der Waals surface area contributed by atoms with E-state index in [1.54, 1.807) is 36.4 Å². The molecule has 0 radical (unpaired) electrons. The molecule has 0 aliphatic carbocycles. The Morgan fingerprint density at radius 3 is 2.46 bits per heavy atom. The van der Waals surface area contributed by atoms with Gasteiger partial charge in [-0.15, -0.1) is 0 Å². The van der Waals surface area contributed by atoms with E-state index in [-0.39, 0.29) is 10.7 Å². The van der Waals surface area contributed by atoms with E-state index < -0.39 is 11.8 Å². The van der Waals surface area contributed by atoms with Gasteiger partial charge in [-0.1, -0.05) is 33.6 Å². The minimum absolute atomic E-state index is 0.0480. The predicted molar refractivity (Wildman–Crippen MR) is 96.1 cm³/mol. The minimum Gasteiger partial charge on any atom is -0.497 e. The van der Waals surface area contributed by atoms with Crippen LogP contribution >= 0.6 is 27.5 Å². The number of carbonyl (C=O) groups is 2. The molecule has 1 aliphatic heterocycles. The van der Waals surface area contributed by atoms with E-state index in [1.165, 1.54) is 7.11 Å². The van der Waals surface area contributed by atoms with Crippen LogP contribution in [-0.4, -0.2) is 18.9 Å². The first-order valence-corrected chi connectivity index (χ1v) is 8.13. The molecule has 7 heteroatoms. The normalized spacial score (nSPS) is 14.4. The van der Waals surface area contributed by atoms with Crippen LogP contribution in [0.1, 0.15) is 0 Å². The van der Waals surface area contributed by atoms with E-state index in [0.717, 1.165) is 9.37 Å². The Hall–Kier alpha value is -2.31. The predicted octanol–water partition coefficient (Wildman–Crippen LogP) is 3.89. The molecule has 1 heterocycles. The first-order valence-electron chi connectivity index (χ1n) is 6.96. The Labute approximate surface area is 152 Å². The molecule has 24 heavy (non-hydrogen) atoms. The Morgan fingerprint density at radius 2 is 1.79 bits per heavy atom. The maximum atomic E-state index is 12.6. The van der Waals surface area contributed by atoms with Gasteiger partial charge in [0, 0.05) is 16.2 Å². The molecule has 0 aromatic heterocycles. The molecule has 2 amide bonds. The number of imide groups is 1. The standard InChI is InChI=1S/C17H12BrClN2O3/c1-24-13-4-2-3-12(9-13)21-16(22)14(19)15(17(21)23)20-11-7-5-10(18)6-8-11/h2-9,20H,1H3. The lowest BCUT2D eigenvalue weighted by atomic mass is 10.2. The Morgan fingerprint density at radius 1 is 1.08 bits per heavy atom. The molecule has 1 aliphatic rings. The fourth-order valence-electron chi connectivity index (χ4n) is 2.27. The zero-order chi connectivity index (χ0) is 17.3. The molecule has 1 N–H and O–H groups in total. The zero-order valence-corrected chi connectivity index (χ0v) is 14.9. The molecular formula is C17H12BrClN2O3. The van der Waals surface area contributed by atoms with Crippen molar-refractivity contribution in [2.24, 2.45) is 0 Å². The maximum absolute atomic E-state index is 12.6. The largest absolute Gasteiger partial charge is 0.497 e. The summed E-state index contributed by atoms with van der Waals surface area (Å²) >= 11 is 9.43. The number of benzene rings is 2. The topological polar surface area (TPSA) is 58.6 Å². The molecule has 0 saturated carbocycles. The van der Waals surface area contributed by atoms with Crippen molar-refractivity contribution in [1.29, 1.82) is 0 Å². The van der Waals surface area contributed by atoms with Crippen LogP contribution in [0.3, 0.4) is 0 Å². The van der Waals surface area contributed by atoms with Crippen LogP contribution in [0.2, 0.25) is 0 Å². The van der Waals surface area contributed by atoms with Gasteiger partial charge in [0.15, 0.2) is 0 Å². The average Bonchev–Trinajstić information content (AvgIpc) is 2.80. The molecule has 0 saturated heterocycles. The second kappa shape index (κ2) is 6.67. The highest BCUT2D eigenvalue weighted by Gasteiger charge is 2.39. The van der Waals surface area contributed by atoms with Gasteiger partial charge in [0.25, 0.3) is 11.8 Å². The highest BCUT2D eigenvalue weighted by molar-refractivity contribution is 9.10. The van der Waals surface area contributed by atoms with Gasteiger partial charge in [0.1, 0.15) is 16.5 Å². The molecule has 0 unspecified atom stereocenters. The maximum Gasteiger partial charge on any atom is 0.283 e. The molecule has 3 rings (SSSR count). The third-order valence-electron chi connectivity index (χ3n) is 3.45. The molecule has 0 spiro atoms. The first kappa shape index (κ1) is 16.5. The molecule has 2 aromatic rings. The van der Waals surface area contributed by atoms with Gasteiger partial charge in [-0.25, -0.2) is 4.90 Å². The summed E-state index contributed by atoms with van der Waals surface area (Å²) in [5.41, 5.74) is 1.10. The Balaban J connectivity index is 1.91. The molecule has 122 valence electrons. The Bertz CT molecular complexity index is 849. The lowest BCUT2D eigenvalue weighted by molar-refractivity contribution is -0.120. The van der Waals surface area contributed by atoms with E-state index in [4.69, 9.17) is 16.3 Å². The third kappa shape index (κ3) is 3.02. The number of amides is 2. The number of carbonyl (C=O) groups excluding carboxylic acids is 2. The van der Waals surface area contributed by atoms with Gasteiger partial charge in [-0.2, -0.15) is 0 Å². The summed E-state index contributed by atoms with van der Waals surface area (Å²) in [4.78, 5) is 26.1. The van der Waals surface area contributed by atoms with Gasteiger partial charge >= 0.3 is 0 Å². The smallest absolute Gasteiger partial charge is 0.283 e. The van der Waals surface area contributed by atoms with Crippen molar-refractivity contribution in [3.8, 4) is 5.75 Å². The van der Waals surface area contributed by atoms with Crippen molar-refractivity contribution < 1.29 is 14.3 Å². The van der Waals surface area contributed by atoms with Gasteiger partial charge in [0.2, 0.25) is 0 Å². The van der Waals surface area contributed by atoms with Gasteiger partial charge in [-0.05, 0) is 36.4 Å². The fourth-order valence-corrected chi connectivity index (χ4v) is 2.75. The molecule has 0 bridgehead atoms. The second-order valence-corrected chi connectivity index (χ2v) is 6.26. The fraction of sp³-hybridized carbons (Fsp3) is 0.0588. The van der Waals surface area contributed by atoms with E-state index >= 15 is 0 Å². The molecular weight excluding hydrogens is 396 g/mol. The number of anilines is 2. The molecule has 2 aromatic carbocycles. The van der Waals surface area contributed by atoms with E-state index in [0.29, 0.717) is 17.1 Å². The highest BCUT2D eigenvalue weighted by Crippen LogP contribution is 2.31. The molecule has 0 atom stereocenters. The monoisotopic (exact) mass is 406 g/mol. The molecule has 0 fully saturated rings.